The van der Waals surface area contributed by atoms with Crippen molar-refractivity contribution in [2.24, 2.45) is 5.92 Å². The van der Waals surface area contributed by atoms with Gasteiger partial charge in [0.25, 0.3) is 0 Å². The largest absolute Gasteiger partial charge is 0.481 e. The number of amides is 1. The van der Waals surface area contributed by atoms with Crippen LogP contribution in [-0.4, -0.2) is 48.5 Å². The van der Waals surface area contributed by atoms with E-state index in [2.05, 4.69) is 5.32 Å². The van der Waals surface area contributed by atoms with Crippen molar-refractivity contribution in [3.8, 4) is 0 Å². The van der Waals surface area contributed by atoms with Crippen LogP contribution in [0, 0.1) is 11.7 Å². The van der Waals surface area contributed by atoms with E-state index in [0.29, 0.717) is 18.4 Å². The molecule has 9 heteroatoms. The SMILES string of the molecule is CCS(=O)(=O)N1CCC(C(=O)NC(CC(=O)O)c2ccc(F)cc2)CC1. The summed E-state index contributed by atoms with van der Waals surface area (Å²) in [6.07, 6.45) is 0.447. The number of carbonyl (C=O) groups is 2. The zero-order valence-electron chi connectivity index (χ0n) is 14.5. The Kier molecular flexibility index (Phi) is 6.71. The molecule has 1 unspecified atom stereocenters. The lowest BCUT2D eigenvalue weighted by molar-refractivity contribution is -0.138. The molecule has 144 valence electrons. The highest BCUT2D eigenvalue weighted by Gasteiger charge is 2.31. The minimum atomic E-state index is -3.27. The second kappa shape index (κ2) is 8.59. The van der Waals surface area contributed by atoms with Gasteiger partial charge in [-0.3, -0.25) is 9.59 Å². The Morgan fingerprint density at radius 2 is 1.85 bits per heavy atom. The van der Waals surface area contributed by atoms with Crippen molar-refractivity contribution in [2.75, 3.05) is 18.8 Å². The maximum absolute atomic E-state index is 13.1. The number of carbonyl (C=O) groups excluding carboxylic acids is 1. The van der Waals surface area contributed by atoms with Crippen molar-refractivity contribution in [1.82, 2.24) is 9.62 Å². The number of sulfonamides is 1. The lowest BCUT2D eigenvalue weighted by Crippen LogP contribution is -2.44. The summed E-state index contributed by atoms with van der Waals surface area (Å²) >= 11 is 0. The van der Waals surface area contributed by atoms with Crippen LogP contribution in [0.3, 0.4) is 0 Å². The summed E-state index contributed by atoms with van der Waals surface area (Å²) < 4.78 is 38.2. The van der Waals surface area contributed by atoms with Gasteiger partial charge in [0.05, 0.1) is 18.2 Å². The number of carboxylic acid groups (broad SMARTS) is 1. The number of halogens is 1. The van der Waals surface area contributed by atoms with E-state index in [4.69, 9.17) is 5.11 Å². The van der Waals surface area contributed by atoms with Crippen molar-refractivity contribution in [3.05, 3.63) is 35.6 Å². The van der Waals surface area contributed by atoms with Gasteiger partial charge in [-0.2, -0.15) is 0 Å². The van der Waals surface area contributed by atoms with Crippen LogP contribution in [0.25, 0.3) is 0 Å². The number of carboxylic acids is 1. The van der Waals surface area contributed by atoms with Crippen LogP contribution in [0.5, 0.6) is 0 Å². The summed E-state index contributed by atoms with van der Waals surface area (Å²) in [4.78, 5) is 23.6. The minimum absolute atomic E-state index is 0.0229. The quantitative estimate of drug-likeness (QED) is 0.739. The zero-order chi connectivity index (χ0) is 19.3. The molecule has 1 heterocycles. The molecule has 2 N–H and O–H groups in total. The first-order chi connectivity index (χ1) is 12.2. The van der Waals surface area contributed by atoms with Crippen LogP contribution in [0.15, 0.2) is 24.3 Å². The van der Waals surface area contributed by atoms with Crippen molar-refractivity contribution in [3.63, 3.8) is 0 Å². The van der Waals surface area contributed by atoms with Crippen LogP contribution in [0.2, 0.25) is 0 Å². The number of benzene rings is 1. The van der Waals surface area contributed by atoms with E-state index in [0.717, 1.165) is 0 Å². The molecule has 0 aliphatic carbocycles. The molecule has 0 radical (unpaired) electrons. The Labute approximate surface area is 152 Å². The van der Waals surface area contributed by atoms with Gasteiger partial charge in [-0.1, -0.05) is 12.1 Å². The second-order valence-electron chi connectivity index (χ2n) is 6.28. The highest BCUT2D eigenvalue weighted by Crippen LogP contribution is 2.23. The molecule has 1 aromatic rings. The lowest BCUT2D eigenvalue weighted by atomic mass is 9.95. The number of aliphatic carboxylic acids is 1. The number of hydrogen-bond donors (Lipinski definition) is 2. The molecule has 1 aliphatic rings. The van der Waals surface area contributed by atoms with Crippen LogP contribution in [-0.2, 0) is 19.6 Å². The Balaban J connectivity index is 2.01. The number of hydrogen-bond acceptors (Lipinski definition) is 4. The fraction of sp³-hybridized carbons (Fsp3) is 0.529. The van der Waals surface area contributed by atoms with Crippen molar-refractivity contribution >= 4 is 21.9 Å². The van der Waals surface area contributed by atoms with Crippen LogP contribution in [0.1, 0.15) is 37.8 Å². The summed E-state index contributed by atoms with van der Waals surface area (Å²) in [7, 11) is -3.27. The van der Waals surface area contributed by atoms with Crippen LogP contribution < -0.4 is 5.32 Å². The number of nitrogens with zero attached hydrogens (tertiary/aromatic N) is 1. The Bertz CT molecular complexity index is 743. The predicted molar refractivity (Wildman–Crippen MR) is 93.3 cm³/mol. The van der Waals surface area contributed by atoms with Crippen molar-refractivity contribution in [1.29, 1.82) is 0 Å². The summed E-state index contributed by atoms with van der Waals surface area (Å²) in [5.74, 6) is -2.19. The van der Waals surface area contributed by atoms with Gasteiger partial charge in [-0.25, -0.2) is 17.1 Å². The predicted octanol–water partition coefficient (Wildman–Crippen LogP) is 1.52. The third kappa shape index (κ3) is 5.25. The second-order valence-corrected chi connectivity index (χ2v) is 8.54. The molecular weight excluding hydrogens is 363 g/mol. The fourth-order valence-corrected chi connectivity index (χ4v) is 4.12. The molecule has 1 saturated heterocycles. The van der Waals surface area contributed by atoms with E-state index in [1.165, 1.54) is 28.6 Å². The molecular formula is C17H23FN2O5S. The van der Waals surface area contributed by atoms with Gasteiger partial charge >= 0.3 is 5.97 Å². The normalized spacial score (nSPS) is 17.6. The monoisotopic (exact) mass is 386 g/mol. The smallest absolute Gasteiger partial charge is 0.305 e. The number of rotatable bonds is 7. The molecule has 0 saturated carbocycles. The van der Waals surface area contributed by atoms with Gasteiger partial charge < -0.3 is 10.4 Å². The van der Waals surface area contributed by atoms with Gasteiger partial charge in [0.1, 0.15) is 5.82 Å². The molecule has 0 aromatic heterocycles. The molecule has 0 bridgehead atoms. The van der Waals surface area contributed by atoms with Gasteiger partial charge in [0, 0.05) is 19.0 Å². The minimum Gasteiger partial charge on any atom is -0.481 e. The van der Waals surface area contributed by atoms with E-state index in [1.54, 1.807) is 6.92 Å². The van der Waals surface area contributed by atoms with E-state index in [9.17, 15) is 22.4 Å². The topological polar surface area (TPSA) is 104 Å². The molecule has 1 fully saturated rings. The third-order valence-corrected chi connectivity index (χ3v) is 6.43. The average molecular weight is 386 g/mol. The summed E-state index contributed by atoms with van der Waals surface area (Å²) in [6, 6.07) is 4.55. The summed E-state index contributed by atoms with van der Waals surface area (Å²) in [5.41, 5.74) is 0.508. The first-order valence-corrected chi connectivity index (χ1v) is 10.1. The Morgan fingerprint density at radius 1 is 1.27 bits per heavy atom. The maximum atomic E-state index is 13.1. The molecule has 1 aromatic carbocycles. The Hall–Kier alpha value is -2.00. The molecule has 1 atom stereocenters. The first kappa shape index (κ1) is 20.3. The van der Waals surface area contributed by atoms with Crippen LogP contribution >= 0.6 is 0 Å². The fourth-order valence-electron chi connectivity index (χ4n) is 2.99. The molecule has 0 spiro atoms. The van der Waals surface area contributed by atoms with E-state index in [-0.39, 0.29) is 37.1 Å². The third-order valence-electron chi connectivity index (χ3n) is 4.55. The average Bonchev–Trinajstić information content (AvgIpc) is 2.61. The molecule has 1 amide bonds. The van der Waals surface area contributed by atoms with Crippen molar-refractivity contribution in [2.45, 2.75) is 32.2 Å². The van der Waals surface area contributed by atoms with Gasteiger partial charge in [0.2, 0.25) is 15.9 Å². The highest BCUT2D eigenvalue weighted by atomic mass is 32.2. The molecule has 7 nitrogen and oxygen atoms in total. The van der Waals surface area contributed by atoms with Gasteiger partial charge in [-0.05, 0) is 37.5 Å². The summed E-state index contributed by atoms with van der Waals surface area (Å²) in [5, 5.41) is 11.8. The molecule has 2 rings (SSSR count). The molecule has 26 heavy (non-hydrogen) atoms. The standard InChI is InChI=1S/C17H23FN2O5S/c1-2-26(24,25)20-9-7-13(8-10-20)17(23)19-15(11-16(21)22)12-3-5-14(18)6-4-12/h3-6,13,15H,2,7-11H2,1H3,(H,19,23)(H,21,22). The van der Waals surface area contributed by atoms with Gasteiger partial charge in [0.15, 0.2) is 0 Å². The van der Waals surface area contributed by atoms with Crippen molar-refractivity contribution < 1.29 is 27.5 Å². The first-order valence-electron chi connectivity index (χ1n) is 8.48. The Morgan fingerprint density at radius 3 is 2.35 bits per heavy atom. The lowest BCUT2D eigenvalue weighted by Gasteiger charge is -2.31. The summed E-state index contributed by atoms with van der Waals surface area (Å²) in [6.45, 7) is 2.12. The zero-order valence-corrected chi connectivity index (χ0v) is 15.3. The highest BCUT2D eigenvalue weighted by molar-refractivity contribution is 7.89. The number of nitrogens with one attached hydrogen (secondary N) is 1. The maximum Gasteiger partial charge on any atom is 0.305 e. The van der Waals surface area contributed by atoms with E-state index in [1.807, 2.05) is 0 Å². The number of piperidine rings is 1. The van der Waals surface area contributed by atoms with Crippen LogP contribution in [0.4, 0.5) is 4.39 Å². The van der Waals surface area contributed by atoms with Gasteiger partial charge in [-0.15, -0.1) is 0 Å². The van der Waals surface area contributed by atoms with E-state index < -0.39 is 27.9 Å². The molecule has 1 aliphatic heterocycles. The van der Waals surface area contributed by atoms with E-state index >= 15 is 0 Å².